The lowest BCUT2D eigenvalue weighted by Gasteiger charge is -2.11. The van der Waals surface area contributed by atoms with Crippen molar-refractivity contribution in [2.24, 2.45) is 0 Å². The molecule has 0 atom stereocenters. The second-order valence-electron chi connectivity index (χ2n) is 6.26. The van der Waals surface area contributed by atoms with Crippen LogP contribution in [0.15, 0.2) is 69.5 Å². The van der Waals surface area contributed by atoms with Gasteiger partial charge in [-0.25, -0.2) is 4.98 Å². The van der Waals surface area contributed by atoms with E-state index in [1.165, 1.54) is 11.8 Å². The van der Waals surface area contributed by atoms with Crippen molar-refractivity contribution in [1.29, 1.82) is 5.26 Å². The second-order valence-corrected chi connectivity index (χ2v) is 7.22. The number of hydrogen-bond acceptors (Lipinski definition) is 6. The maximum atomic E-state index is 9.59. The van der Waals surface area contributed by atoms with Crippen LogP contribution in [0.3, 0.4) is 0 Å². The van der Waals surface area contributed by atoms with Crippen LogP contribution in [0.5, 0.6) is 0 Å². The molecule has 0 amide bonds. The molecule has 0 radical (unpaired) electrons. The maximum absolute atomic E-state index is 9.59. The minimum atomic E-state index is 0.527. The van der Waals surface area contributed by atoms with Crippen LogP contribution in [0, 0.1) is 25.2 Å². The van der Waals surface area contributed by atoms with E-state index < -0.39 is 0 Å². The number of nitrogens with zero attached hydrogens (tertiary/aromatic N) is 5. The van der Waals surface area contributed by atoms with E-state index in [1.54, 1.807) is 6.26 Å². The van der Waals surface area contributed by atoms with E-state index in [0.29, 0.717) is 17.1 Å². The molecule has 0 fully saturated rings. The lowest BCUT2D eigenvalue weighted by atomic mass is 10.1. The fourth-order valence-electron chi connectivity index (χ4n) is 2.87. The van der Waals surface area contributed by atoms with Gasteiger partial charge in [0.25, 0.3) is 0 Å². The van der Waals surface area contributed by atoms with E-state index in [0.717, 1.165) is 33.4 Å². The molecule has 4 rings (SSSR count). The standard InChI is InChI=1S/C21H17N5OS/c1-14-15(2)24-25-20(18(14)11-22)28-21-23-12-19(16-7-4-3-5-8-16)26(21)13-17-9-6-10-27-17/h3-10,12H,13H2,1-2H3. The number of aryl methyl sites for hydroxylation is 1. The van der Waals surface area contributed by atoms with Crippen molar-refractivity contribution in [2.75, 3.05) is 0 Å². The first-order chi connectivity index (χ1) is 13.7. The summed E-state index contributed by atoms with van der Waals surface area (Å²) in [5.41, 5.74) is 4.15. The molecule has 3 heterocycles. The Labute approximate surface area is 166 Å². The minimum Gasteiger partial charge on any atom is -0.467 e. The Morgan fingerprint density at radius 1 is 1.11 bits per heavy atom. The third-order valence-electron chi connectivity index (χ3n) is 4.50. The van der Waals surface area contributed by atoms with Gasteiger partial charge in [-0.05, 0) is 48.9 Å². The van der Waals surface area contributed by atoms with Crippen molar-refractivity contribution in [2.45, 2.75) is 30.6 Å². The number of rotatable bonds is 5. The first kappa shape index (κ1) is 18.0. The minimum absolute atomic E-state index is 0.527. The van der Waals surface area contributed by atoms with Crippen LogP contribution in [0.25, 0.3) is 11.3 Å². The number of hydrogen-bond donors (Lipinski definition) is 0. The summed E-state index contributed by atoms with van der Waals surface area (Å²) in [6, 6.07) is 16.1. The van der Waals surface area contributed by atoms with Gasteiger partial charge < -0.3 is 8.98 Å². The highest BCUT2D eigenvalue weighted by Gasteiger charge is 2.18. The SMILES string of the molecule is Cc1nnc(Sc2ncc(-c3ccccc3)n2Cc2ccco2)c(C#N)c1C. The predicted octanol–water partition coefficient (Wildman–Crippen LogP) is 4.62. The van der Waals surface area contributed by atoms with Crippen molar-refractivity contribution in [1.82, 2.24) is 19.7 Å². The summed E-state index contributed by atoms with van der Waals surface area (Å²) in [7, 11) is 0. The highest BCUT2D eigenvalue weighted by Crippen LogP contribution is 2.33. The van der Waals surface area contributed by atoms with Crippen molar-refractivity contribution in [3.05, 3.63) is 77.5 Å². The lowest BCUT2D eigenvalue weighted by Crippen LogP contribution is -2.04. The summed E-state index contributed by atoms with van der Waals surface area (Å²) in [4.78, 5) is 4.60. The largest absolute Gasteiger partial charge is 0.467 e. The molecule has 0 aliphatic heterocycles. The number of imidazole rings is 1. The maximum Gasteiger partial charge on any atom is 0.175 e. The predicted molar refractivity (Wildman–Crippen MR) is 106 cm³/mol. The van der Waals surface area contributed by atoms with Crippen molar-refractivity contribution >= 4 is 11.8 Å². The monoisotopic (exact) mass is 387 g/mol. The van der Waals surface area contributed by atoms with Crippen molar-refractivity contribution < 1.29 is 4.42 Å². The van der Waals surface area contributed by atoms with E-state index in [-0.39, 0.29) is 0 Å². The molecule has 0 unspecified atom stereocenters. The van der Waals surface area contributed by atoms with E-state index in [4.69, 9.17) is 4.42 Å². The summed E-state index contributed by atoms with van der Waals surface area (Å²) in [6.45, 7) is 4.26. The molecule has 0 N–H and O–H groups in total. The Balaban J connectivity index is 1.79. The van der Waals surface area contributed by atoms with Crippen LogP contribution in [-0.2, 0) is 6.54 Å². The van der Waals surface area contributed by atoms with Gasteiger partial charge in [-0.15, -0.1) is 5.10 Å². The van der Waals surface area contributed by atoms with Crippen LogP contribution < -0.4 is 0 Å². The highest BCUT2D eigenvalue weighted by atomic mass is 32.2. The topological polar surface area (TPSA) is 80.5 Å². The van der Waals surface area contributed by atoms with Gasteiger partial charge in [-0.2, -0.15) is 10.4 Å². The summed E-state index contributed by atoms with van der Waals surface area (Å²) in [5.74, 6) is 0.823. The third kappa shape index (κ3) is 3.42. The fourth-order valence-corrected chi connectivity index (χ4v) is 3.80. The molecule has 1 aromatic carbocycles. The Bertz CT molecular complexity index is 1140. The Kier molecular flexibility index (Phi) is 4.96. The van der Waals surface area contributed by atoms with E-state index >= 15 is 0 Å². The summed E-state index contributed by atoms with van der Waals surface area (Å²) in [5, 5.41) is 19.3. The molecule has 0 bridgehead atoms. The van der Waals surface area contributed by atoms with Crippen molar-refractivity contribution in [3.63, 3.8) is 0 Å². The van der Waals surface area contributed by atoms with Gasteiger partial charge in [0.05, 0.1) is 36.0 Å². The average Bonchev–Trinajstić information content (AvgIpc) is 3.37. The number of benzene rings is 1. The molecule has 0 aliphatic carbocycles. The molecule has 0 saturated heterocycles. The number of nitriles is 1. The van der Waals surface area contributed by atoms with E-state index in [9.17, 15) is 5.26 Å². The second kappa shape index (κ2) is 7.71. The summed E-state index contributed by atoms with van der Waals surface area (Å²) in [6.07, 6.45) is 3.49. The van der Waals surface area contributed by atoms with Gasteiger partial charge in [0.15, 0.2) is 5.16 Å². The van der Waals surface area contributed by atoms with Gasteiger partial charge in [0.2, 0.25) is 0 Å². The first-order valence-electron chi connectivity index (χ1n) is 8.72. The van der Waals surface area contributed by atoms with Crippen LogP contribution in [0.4, 0.5) is 0 Å². The van der Waals surface area contributed by atoms with Crippen LogP contribution in [0.2, 0.25) is 0 Å². The summed E-state index contributed by atoms with van der Waals surface area (Å²) >= 11 is 1.34. The lowest BCUT2D eigenvalue weighted by molar-refractivity contribution is 0.485. The molecular weight excluding hydrogens is 370 g/mol. The van der Waals surface area contributed by atoms with Crippen LogP contribution in [0.1, 0.15) is 22.6 Å². The number of furan rings is 1. The molecule has 7 heteroatoms. The Morgan fingerprint density at radius 2 is 1.93 bits per heavy atom. The van der Waals surface area contributed by atoms with Crippen LogP contribution >= 0.6 is 11.8 Å². The molecular formula is C21H17N5OS. The van der Waals surface area contributed by atoms with Gasteiger partial charge in [-0.1, -0.05) is 30.3 Å². The van der Waals surface area contributed by atoms with Gasteiger partial charge in [-0.3, -0.25) is 0 Å². The average molecular weight is 387 g/mol. The van der Waals surface area contributed by atoms with Crippen molar-refractivity contribution in [3.8, 4) is 17.3 Å². The zero-order valence-electron chi connectivity index (χ0n) is 15.5. The van der Waals surface area contributed by atoms with Crippen LogP contribution in [-0.4, -0.2) is 19.7 Å². The van der Waals surface area contributed by atoms with Gasteiger partial charge >= 0.3 is 0 Å². The molecule has 6 nitrogen and oxygen atoms in total. The molecule has 3 aromatic heterocycles. The Morgan fingerprint density at radius 3 is 2.64 bits per heavy atom. The molecule has 4 aromatic rings. The van der Waals surface area contributed by atoms with Gasteiger partial charge in [0, 0.05) is 0 Å². The number of aromatic nitrogens is 4. The molecule has 28 heavy (non-hydrogen) atoms. The molecule has 138 valence electrons. The normalized spacial score (nSPS) is 10.8. The zero-order valence-corrected chi connectivity index (χ0v) is 16.3. The fraction of sp³-hybridized carbons (Fsp3) is 0.143. The van der Waals surface area contributed by atoms with E-state index in [2.05, 4.69) is 25.8 Å². The smallest absolute Gasteiger partial charge is 0.175 e. The highest BCUT2D eigenvalue weighted by molar-refractivity contribution is 7.99. The molecule has 0 saturated carbocycles. The summed E-state index contributed by atoms with van der Waals surface area (Å²) < 4.78 is 7.61. The molecule has 0 aliphatic rings. The first-order valence-corrected chi connectivity index (χ1v) is 9.54. The van der Waals surface area contributed by atoms with E-state index in [1.807, 2.05) is 62.5 Å². The Hall–Kier alpha value is -3.37. The molecule has 0 spiro atoms. The van der Waals surface area contributed by atoms with Gasteiger partial charge in [0.1, 0.15) is 16.9 Å². The third-order valence-corrected chi connectivity index (χ3v) is 5.49. The quantitative estimate of drug-likeness (QED) is 0.497. The zero-order chi connectivity index (χ0) is 19.5.